The van der Waals surface area contributed by atoms with Crippen molar-refractivity contribution in [1.29, 1.82) is 0 Å². The third-order valence-corrected chi connectivity index (χ3v) is 5.38. The van der Waals surface area contributed by atoms with Gasteiger partial charge < -0.3 is 19.5 Å². The second kappa shape index (κ2) is 6.96. The van der Waals surface area contributed by atoms with Gasteiger partial charge in [0.25, 0.3) is 5.91 Å². The summed E-state index contributed by atoms with van der Waals surface area (Å²) < 4.78 is 10.7. The number of hydrogen-bond acceptors (Lipinski definition) is 6. The molecular formula is C23H18N2O5. The van der Waals surface area contributed by atoms with Crippen molar-refractivity contribution in [2.45, 2.75) is 18.6 Å². The van der Waals surface area contributed by atoms with E-state index in [1.54, 1.807) is 48.5 Å². The fraction of sp³-hybridized carbons (Fsp3) is 0.174. The lowest BCUT2D eigenvalue weighted by Gasteiger charge is -2.22. The van der Waals surface area contributed by atoms with Gasteiger partial charge in [-0.1, -0.05) is 30.3 Å². The summed E-state index contributed by atoms with van der Waals surface area (Å²) in [6, 6.07) is 17.4. The molecule has 0 fully saturated rings. The van der Waals surface area contributed by atoms with Gasteiger partial charge in [0, 0.05) is 11.8 Å². The fourth-order valence-electron chi connectivity index (χ4n) is 3.91. The molecule has 2 aromatic carbocycles. The molecule has 0 unspecified atom stereocenters. The number of Topliss-reactive ketones (excluding diaryl/α,β-unsaturated/α-hetero) is 1. The van der Waals surface area contributed by atoms with Crippen LogP contribution < -0.4 is 14.4 Å². The summed E-state index contributed by atoms with van der Waals surface area (Å²) in [5, 5.41) is 11.4. The highest BCUT2D eigenvalue weighted by Gasteiger charge is 2.50. The summed E-state index contributed by atoms with van der Waals surface area (Å²) >= 11 is 0. The molecule has 1 amide bonds. The number of fused-ring (bicyclic) bond motifs is 2. The van der Waals surface area contributed by atoms with E-state index in [9.17, 15) is 14.7 Å². The molecule has 2 aliphatic heterocycles. The molecular weight excluding hydrogens is 384 g/mol. The number of carbonyl (C=O) groups excluding carboxylic acids is 2. The molecule has 0 spiro atoms. The Morgan fingerprint density at radius 3 is 2.70 bits per heavy atom. The van der Waals surface area contributed by atoms with E-state index in [-0.39, 0.29) is 25.5 Å². The number of ketones is 1. The van der Waals surface area contributed by atoms with E-state index in [1.807, 2.05) is 12.1 Å². The number of hydrogen-bond donors (Lipinski definition) is 1. The topological polar surface area (TPSA) is 89.0 Å². The van der Waals surface area contributed by atoms with Gasteiger partial charge in [-0.05, 0) is 35.9 Å². The van der Waals surface area contributed by atoms with Crippen molar-refractivity contribution in [3.63, 3.8) is 0 Å². The number of pyridine rings is 1. The summed E-state index contributed by atoms with van der Waals surface area (Å²) in [6.07, 6.45) is 1.13. The van der Waals surface area contributed by atoms with Crippen molar-refractivity contribution in [2.24, 2.45) is 0 Å². The molecule has 7 nitrogen and oxygen atoms in total. The van der Waals surface area contributed by atoms with Crippen molar-refractivity contribution in [1.82, 2.24) is 4.98 Å². The quantitative estimate of drug-likeness (QED) is 0.660. The third kappa shape index (κ3) is 2.91. The van der Waals surface area contributed by atoms with Crippen LogP contribution in [0.4, 0.5) is 5.69 Å². The van der Waals surface area contributed by atoms with Crippen molar-refractivity contribution in [3.05, 3.63) is 83.7 Å². The van der Waals surface area contributed by atoms with Crippen LogP contribution in [0.25, 0.3) is 0 Å². The highest BCUT2D eigenvalue weighted by Crippen LogP contribution is 2.44. The van der Waals surface area contributed by atoms with E-state index < -0.39 is 17.3 Å². The Balaban J connectivity index is 1.47. The number of benzene rings is 2. The Labute approximate surface area is 172 Å². The predicted molar refractivity (Wildman–Crippen MR) is 107 cm³/mol. The summed E-state index contributed by atoms with van der Waals surface area (Å²) in [5.74, 6) is 0.342. The average Bonchev–Trinajstić information content (AvgIpc) is 3.32. The van der Waals surface area contributed by atoms with Crippen LogP contribution in [0.3, 0.4) is 0 Å². The number of ether oxygens (including phenoxy) is 2. The zero-order chi connectivity index (χ0) is 20.7. The second-order valence-corrected chi connectivity index (χ2v) is 7.27. The smallest absolute Gasteiger partial charge is 0.264 e. The standard InChI is InChI=1S/C23H18N2O5/c26-19(17-6-3-4-10-24-17)12-23(28)16-5-1-2-7-18(16)25(22(23)27)13-15-8-9-20-21(11-15)30-14-29-20/h1-11,28H,12-14H2/t23-/m1/s1. The Hall–Kier alpha value is -3.71. The van der Waals surface area contributed by atoms with E-state index in [2.05, 4.69) is 4.98 Å². The summed E-state index contributed by atoms with van der Waals surface area (Å²) in [5.41, 5.74) is 0.0892. The van der Waals surface area contributed by atoms with Crippen molar-refractivity contribution in [2.75, 3.05) is 11.7 Å². The Bertz CT molecular complexity index is 1150. The van der Waals surface area contributed by atoms with Gasteiger partial charge in [-0.2, -0.15) is 0 Å². The van der Waals surface area contributed by atoms with Crippen LogP contribution in [0.5, 0.6) is 11.5 Å². The maximum Gasteiger partial charge on any atom is 0.264 e. The minimum Gasteiger partial charge on any atom is -0.454 e. The zero-order valence-electron chi connectivity index (χ0n) is 15.9. The van der Waals surface area contributed by atoms with E-state index in [0.717, 1.165) is 5.56 Å². The third-order valence-electron chi connectivity index (χ3n) is 5.38. The fourth-order valence-corrected chi connectivity index (χ4v) is 3.91. The number of rotatable bonds is 5. The lowest BCUT2D eigenvalue weighted by molar-refractivity contribution is -0.136. The average molecular weight is 402 g/mol. The summed E-state index contributed by atoms with van der Waals surface area (Å²) in [4.78, 5) is 31.6. The number of amides is 1. The number of para-hydroxylation sites is 1. The number of aromatic nitrogens is 1. The molecule has 30 heavy (non-hydrogen) atoms. The first-order chi connectivity index (χ1) is 14.6. The molecule has 5 rings (SSSR count). The van der Waals surface area contributed by atoms with Crippen LogP contribution in [0.15, 0.2) is 66.9 Å². The Morgan fingerprint density at radius 2 is 1.87 bits per heavy atom. The highest BCUT2D eigenvalue weighted by atomic mass is 16.7. The molecule has 0 radical (unpaired) electrons. The van der Waals surface area contributed by atoms with Crippen LogP contribution in [-0.2, 0) is 16.9 Å². The van der Waals surface area contributed by atoms with E-state index in [0.29, 0.717) is 22.7 Å². The molecule has 1 atom stereocenters. The van der Waals surface area contributed by atoms with Crippen LogP contribution in [0.1, 0.15) is 28.0 Å². The SMILES string of the molecule is O=C(C[C@]1(O)C(=O)N(Cc2ccc3c(c2)OCO3)c2ccccc21)c1ccccn1. The van der Waals surface area contributed by atoms with Crippen LogP contribution >= 0.6 is 0 Å². The predicted octanol–water partition coefficient (Wildman–Crippen LogP) is 2.82. The Morgan fingerprint density at radius 1 is 1.07 bits per heavy atom. The van der Waals surface area contributed by atoms with Crippen LogP contribution in [-0.4, -0.2) is 28.6 Å². The Kier molecular flexibility index (Phi) is 4.25. The van der Waals surface area contributed by atoms with Gasteiger partial charge in [-0.15, -0.1) is 0 Å². The number of anilines is 1. The maximum absolute atomic E-state index is 13.3. The minimum atomic E-state index is -1.94. The molecule has 0 aliphatic carbocycles. The van der Waals surface area contributed by atoms with Gasteiger partial charge in [0.2, 0.25) is 6.79 Å². The van der Waals surface area contributed by atoms with E-state index in [4.69, 9.17) is 9.47 Å². The monoisotopic (exact) mass is 402 g/mol. The van der Waals surface area contributed by atoms with Gasteiger partial charge in [0.15, 0.2) is 22.9 Å². The first kappa shape index (κ1) is 18.3. The first-order valence-corrected chi connectivity index (χ1v) is 9.53. The molecule has 0 bridgehead atoms. The number of aliphatic hydroxyl groups is 1. The van der Waals surface area contributed by atoms with Gasteiger partial charge >= 0.3 is 0 Å². The highest BCUT2D eigenvalue weighted by molar-refractivity contribution is 6.10. The van der Waals surface area contributed by atoms with Crippen molar-refractivity contribution in [3.8, 4) is 11.5 Å². The number of carbonyl (C=O) groups is 2. The summed E-state index contributed by atoms with van der Waals surface area (Å²) in [7, 11) is 0. The van der Waals surface area contributed by atoms with E-state index in [1.165, 1.54) is 11.1 Å². The zero-order valence-corrected chi connectivity index (χ0v) is 15.9. The van der Waals surface area contributed by atoms with Crippen LogP contribution in [0, 0.1) is 0 Å². The molecule has 150 valence electrons. The second-order valence-electron chi connectivity index (χ2n) is 7.27. The lowest BCUT2D eigenvalue weighted by Crippen LogP contribution is -2.41. The molecule has 3 aromatic rings. The molecule has 0 saturated heterocycles. The van der Waals surface area contributed by atoms with Crippen molar-refractivity contribution >= 4 is 17.4 Å². The van der Waals surface area contributed by atoms with Gasteiger partial charge in [-0.25, -0.2) is 0 Å². The van der Waals surface area contributed by atoms with Gasteiger partial charge in [0.1, 0.15) is 5.69 Å². The molecule has 2 aliphatic rings. The van der Waals surface area contributed by atoms with Crippen LogP contribution in [0.2, 0.25) is 0 Å². The molecule has 3 heterocycles. The van der Waals surface area contributed by atoms with E-state index >= 15 is 0 Å². The molecule has 1 aromatic heterocycles. The minimum absolute atomic E-state index is 0.166. The molecule has 1 N–H and O–H groups in total. The normalized spacial score (nSPS) is 19.1. The van der Waals surface area contributed by atoms with Crippen molar-refractivity contribution < 1.29 is 24.2 Å². The molecule has 0 saturated carbocycles. The largest absolute Gasteiger partial charge is 0.454 e. The lowest BCUT2D eigenvalue weighted by atomic mass is 9.89. The first-order valence-electron chi connectivity index (χ1n) is 9.53. The summed E-state index contributed by atoms with van der Waals surface area (Å²) in [6.45, 7) is 0.395. The molecule has 7 heteroatoms. The van der Waals surface area contributed by atoms with Gasteiger partial charge in [0.05, 0.1) is 18.7 Å². The van der Waals surface area contributed by atoms with Gasteiger partial charge in [-0.3, -0.25) is 14.6 Å². The number of nitrogens with zero attached hydrogens (tertiary/aromatic N) is 2. The maximum atomic E-state index is 13.3.